The lowest BCUT2D eigenvalue weighted by Gasteiger charge is -2.11. The molecule has 0 heterocycles. The molecule has 2 unspecified atom stereocenters. The van der Waals surface area contributed by atoms with Crippen LogP contribution in [-0.2, 0) is 0 Å². The van der Waals surface area contributed by atoms with E-state index < -0.39 is 0 Å². The molecule has 11 heavy (non-hydrogen) atoms. The molecule has 2 heteroatoms. The van der Waals surface area contributed by atoms with Crippen molar-refractivity contribution < 1.29 is 0 Å². The monoisotopic (exact) mass is 232 g/mol. The zero-order chi connectivity index (χ0) is 8.27. The van der Waals surface area contributed by atoms with Crippen LogP contribution in [0.3, 0.4) is 0 Å². The van der Waals surface area contributed by atoms with Crippen LogP contribution >= 0.6 is 27.5 Å². The first-order valence-electron chi connectivity index (χ1n) is 3.55. The third-order valence-electron chi connectivity index (χ3n) is 1.52. The van der Waals surface area contributed by atoms with Gasteiger partial charge in [-0.2, -0.15) is 0 Å². The number of rotatable bonds is 2. The van der Waals surface area contributed by atoms with Crippen LogP contribution in [0.25, 0.3) is 0 Å². The summed E-state index contributed by atoms with van der Waals surface area (Å²) in [6, 6.07) is 10.1. The molecule has 0 aliphatic carbocycles. The molecule has 0 aliphatic rings. The second kappa shape index (κ2) is 4.13. The summed E-state index contributed by atoms with van der Waals surface area (Å²) >= 11 is 9.54. The second-order valence-electron chi connectivity index (χ2n) is 2.49. The lowest BCUT2D eigenvalue weighted by Crippen LogP contribution is -2.00. The fourth-order valence-corrected chi connectivity index (χ4v) is 1.35. The van der Waals surface area contributed by atoms with Crippen molar-refractivity contribution in [2.45, 2.75) is 17.1 Å². The summed E-state index contributed by atoms with van der Waals surface area (Å²) in [4.78, 5) is 0.312. The molecular formula is C9H10BrCl. The Hall–Kier alpha value is -0.0100. The molecule has 1 rings (SSSR count). The minimum Gasteiger partial charge on any atom is -0.117 e. The second-order valence-corrected chi connectivity index (χ2v) is 4.40. The first-order valence-corrected chi connectivity index (χ1v) is 4.90. The van der Waals surface area contributed by atoms with Gasteiger partial charge in [0.05, 0.1) is 5.38 Å². The van der Waals surface area contributed by atoms with Gasteiger partial charge >= 0.3 is 0 Å². The van der Waals surface area contributed by atoms with Crippen LogP contribution in [0.1, 0.15) is 17.9 Å². The molecule has 0 spiro atoms. The highest BCUT2D eigenvalue weighted by Gasteiger charge is 2.12. The van der Waals surface area contributed by atoms with Gasteiger partial charge in [-0.3, -0.25) is 0 Å². The molecule has 0 aromatic heterocycles. The summed E-state index contributed by atoms with van der Waals surface area (Å²) in [6.45, 7) is 2.05. The largest absolute Gasteiger partial charge is 0.117 e. The molecule has 0 fully saturated rings. The number of hydrogen-bond acceptors (Lipinski definition) is 0. The Morgan fingerprint density at radius 2 is 1.82 bits per heavy atom. The van der Waals surface area contributed by atoms with Gasteiger partial charge in [0.25, 0.3) is 0 Å². The van der Waals surface area contributed by atoms with E-state index in [2.05, 4.69) is 15.9 Å². The van der Waals surface area contributed by atoms with E-state index in [4.69, 9.17) is 11.6 Å². The maximum atomic E-state index is 6.09. The highest BCUT2D eigenvalue weighted by molar-refractivity contribution is 9.09. The van der Waals surface area contributed by atoms with E-state index >= 15 is 0 Å². The summed E-state index contributed by atoms with van der Waals surface area (Å²) in [5, 5.41) is 0.0659. The van der Waals surface area contributed by atoms with Gasteiger partial charge in [-0.1, -0.05) is 53.2 Å². The molecular weight excluding hydrogens is 223 g/mol. The Morgan fingerprint density at radius 3 is 2.27 bits per heavy atom. The normalized spacial score (nSPS) is 15.9. The van der Waals surface area contributed by atoms with E-state index in [0.717, 1.165) is 0 Å². The van der Waals surface area contributed by atoms with Crippen LogP contribution in [-0.4, -0.2) is 4.83 Å². The van der Waals surface area contributed by atoms with Crippen LogP contribution in [0.4, 0.5) is 0 Å². The Kier molecular flexibility index (Phi) is 3.41. The Morgan fingerprint density at radius 1 is 1.27 bits per heavy atom. The van der Waals surface area contributed by atoms with Crippen molar-refractivity contribution in [1.82, 2.24) is 0 Å². The average molecular weight is 234 g/mol. The highest BCUT2D eigenvalue weighted by atomic mass is 79.9. The quantitative estimate of drug-likeness (QED) is 0.683. The van der Waals surface area contributed by atoms with Crippen LogP contribution in [0, 0.1) is 0 Å². The first kappa shape index (κ1) is 9.08. The van der Waals surface area contributed by atoms with Crippen molar-refractivity contribution in [1.29, 1.82) is 0 Å². The molecule has 0 bridgehead atoms. The topological polar surface area (TPSA) is 0 Å². The maximum Gasteiger partial charge on any atom is 0.0707 e. The zero-order valence-corrected chi connectivity index (χ0v) is 8.64. The van der Waals surface area contributed by atoms with E-state index in [1.54, 1.807) is 0 Å². The molecule has 0 radical (unpaired) electrons. The molecule has 1 aromatic carbocycles. The van der Waals surface area contributed by atoms with Gasteiger partial charge in [0.15, 0.2) is 0 Å². The molecule has 0 N–H and O–H groups in total. The fraction of sp³-hybridized carbons (Fsp3) is 0.333. The number of benzene rings is 1. The van der Waals surface area contributed by atoms with E-state index in [1.807, 2.05) is 37.3 Å². The van der Waals surface area contributed by atoms with Gasteiger partial charge in [0.2, 0.25) is 0 Å². The summed E-state index contributed by atoms with van der Waals surface area (Å²) in [5.41, 5.74) is 1.17. The van der Waals surface area contributed by atoms with Crippen molar-refractivity contribution in [2.24, 2.45) is 0 Å². The fourth-order valence-electron chi connectivity index (χ4n) is 0.902. The lowest BCUT2D eigenvalue weighted by atomic mass is 10.1. The van der Waals surface area contributed by atoms with Gasteiger partial charge < -0.3 is 0 Å². The molecule has 60 valence electrons. The molecule has 1 aromatic rings. The number of halogens is 2. The Bertz CT molecular complexity index is 208. The van der Waals surface area contributed by atoms with Gasteiger partial charge in [-0.05, 0) is 5.56 Å². The number of hydrogen-bond donors (Lipinski definition) is 0. The van der Waals surface area contributed by atoms with E-state index in [-0.39, 0.29) is 5.38 Å². The van der Waals surface area contributed by atoms with Crippen LogP contribution in [0.2, 0.25) is 0 Å². The van der Waals surface area contributed by atoms with E-state index in [0.29, 0.717) is 4.83 Å². The smallest absolute Gasteiger partial charge is 0.0707 e. The molecule has 0 saturated heterocycles. The summed E-state index contributed by atoms with van der Waals surface area (Å²) < 4.78 is 0. The van der Waals surface area contributed by atoms with Crippen molar-refractivity contribution >= 4 is 27.5 Å². The minimum atomic E-state index is 0.0659. The minimum absolute atomic E-state index is 0.0659. The number of alkyl halides is 2. The highest BCUT2D eigenvalue weighted by Crippen LogP contribution is 2.28. The van der Waals surface area contributed by atoms with Crippen LogP contribution in [0.5, 0.6) is 0 Å². The Balaban J connectivity index is 2.77. The van der Waals surface area contributed by atoms with Gasteiger partial charge in [-0.25, -0.2) is 0 Å². The maximum absolute atomic E-state index is 6.09. The van der Waals surface area contributed by atoms with Crippen LogP contribution in [0.15, 0.2) is 30.3 Å². The van der Waals surface area contributed by atoms with Crippen molar-refractivity contribution in [3.8, 4) is 0 Å². The SMILES string of the molecule is CC(Br)C(Cl)c1ccccc1. The molecule has 0 saturated carbocycles. The van der Waals surface area contributed by atoms with Crippen molar-refractivity contribution in [2.75, 3.05) is 0 Å². The van der Waals surface area contributed by atoms with Gasteiger partial charge in [0.1, 0.15) is 0 Å². The molecule has 0 aliphatic heterocycles. The van der Waals surface area contributed by atoms with E-state index in [1.165, 1.54) is 5.56 Å². The van der Waals surface area contributed by atoms with Gasteiger partial charge in [-0.15, -0.1) is 11.6 Å². The summed E-state index contributed by atoms with van der Waals surface area (Å²) in [6.07, 6.45) is 0. The third kappa shape index (κ3) is 2.49. The van der Waals surface area contributed by atoms with Crippen molar-refractivity contribution in [3.63, 3.8) is 0 Å². The molecule has 2 atom stereocenters. The standard InChI is InChI=1S/C9H10BrCl/c1-7(10)9(11)8-5-3-2-4-6-8/h2-7,9H,1H3. The summed E-state index contributed by atoms with van der Waals surface area (Å²) in [5.74, 6) is 0. The zero-order valence-electron chi connectivity index (χ0n) is 6.30. The third-order valence-corrected chi connectivity index (χ3v) is 2.98. The lowest BCUT2D eigenvalue weighted by molar-refractivity contribution is 0.920. The van der Waals surface area contributed by atoms with Gasteiger partial charge in [0, 0.05) is 4.83 Å². The average Bonchev–Trinajstić information content (AvgIpc) is 2.05. The van der Waals surface area contributed by atoms with Crippen LogP contribution < -0.4 is 0 Å². The van der Waals surface area contributed by atoms with Crippen molar-refractivity contribution in [3.05, 3.63) is 35.9 Å². The predicted octanol–water partition coefficient (Wildman–Crippen LogP) is 3.75. The predicted molar refractivity (Wildman–Crippen MR) is 53.4 cm³/mol. The molecule has 0 amide bonds. The Labute approximate surface area is 80.7 Å². The van der Waals surface area contributed by atoms with E-state index in [9.17, 15) is 0 Å². The first-order chi connectivity index (χ1) is 5.22. The summed E-state index contributed by atoms with van der Waals surface area (Å²) in [7, 11) is 0. The molecule has 0 nitrogen and oxygen atoms in total.